The van der Waals surface area contributed by atoms with Crippen LogP contribution in [0.2, 0.25) is 0 Å². The number of aryl methyl sites for hydroxylation is 1. The first-order chi connectivity index (χ1) is 12.4. The minimum Gasteiger partial charge on any atom is -0.366 e. The van der Waals surface area contributed by atoms with Crippen molar-refractivity contribution in [2.45, 2.75) is 24.2 Å². The first-order valence-corrected chi connectivity index (χ1v) is 9.73. The number of amides is 2. The first-order valence-electron chi connectivity index (χ1n) is 8.24. The molecule has 8 heteroatoms. The van der Waals surface area contributed by atoms with E-state index in [1.807, 2.05) is 0 Å². The minimum absolute atomic E-state index is 0.0837. The van der Waals surface area contributed by atoms with Crippen LogP contribution in [0.25, 0.3) is 0 Å². The lowest BCUT2D eigenvalue weighted by Gasteiger charge is -2.25. The van der Waals surface area contributed by atoms with Crippen molar-refractivity contribution < 1.29 is 18.0 Å². The van der Waals surface area contributed by atoms with Crippen molar-refractivity contribution in [3.05, 3.63) is 53.1 Å². The number of carbonyl (C=O) groups excluding carboxylic acids is 2. The molecule has 0 aromatic heterocycles. The molecule has 0 aliphatic carbocycles. The summed E-state index contributed by atoms with van der Waals surface area (Å²) in [5, 5.41) is 0. The maximum absolute atomic E-state index is 12.9. The summed E-state index contributed by atoms with van der Waals surface area (Å²) in [6.07, 6.45) is 1.54. The molecule has 3 N–H and O–H groups in total. The van der Waals surface area contributed by atoms with E-state index in [4.69, 9.17) is 5.73 Å². The standard InChI is InChI=1S/C18H17N3O4S/c19-18(23)14-3-1-2-4-15(14)20-26(24,25)13-9-11-5-6-16(22)21-8-7-12(10-13)17(11)21/h1-4,9-10,20H,5-8H2,(H2,19,23). The van der Waals surface area contributed by atoms with Crippen molar-refractivity contribution in [1.29, 1.82) is 0 Å². The fourth-order valence-electron chi connectivity index (χ4n) is 3.57. The van der Waals surface area contributed by atoms with Gasteiger partial charge in [0.2, 0.25) is 5.91 Å². The normalized spacial score (nSPS) is 15.7. The van der Waals surface area contributed by atoms with Gasteiger partial charge < -0.3 is 10.6 Å². The molecule has 0 atom stereocenters. The van der Waals surface area contributed by atoms with Crippen LogP contribution in [-0.2, 0) is 27.7 Å². The van der Waals surface area contributed by atoms with E-state index >= 15 is 0 Å². The largest absolute Gasteiger partial charge is 0.366 e. The number of nitrogens with one attached hydrogen (secondary N) is 1. The average Bonchev–Trinajstić information content (AvgIpc) is 3.03. The molecule has 0 saturated carbocycles. The molecule has 2 aliphatic heterocycles. The Balaban J connectivity index is 1.75. The van der Waals surface area contributed by atoms with Crippen LogP contribution in [0, 0.1) is 0 Å². The molecule has 2 amide bonds. The molecule has 7 nitrogen and oxygen atoms in total. The molecule has 4 rings (SSSR count). The predicted octanol–water partition coefficient (Wildman–Crippen LogP) is 1.42. The summed E-state index contributed by atoms with van der Waals surface area (Å²) in [6.45, 7) is 0.586. The Hall–Kier alpha value is -2.87. The van der Waals surface area contributed by atoms with Gasteiger partial charge in [0.1, 0.15) is 0 Å². The maximum Gasteiger partial charge on any atom is 0.261 e. The third-order valence-electron chi connectivity index (χ3n) is 4.77. The number of nitrogens with two attached hydrogens (primary N) is 1. The SMILES string of the molecule is NC(=O)c1ccccc1NS(=O)(=O)c1cc2c3c(c1)CCN3C(=O)CC2. The highest BCUT2D eigenvalue weighted by molar-refractivity contribution is 7.92. The zero-order valence-electron chi connectivity index (χ0n) is 13.9. The Morgan fingerprint density at radius 1 is 1.08 bits per heavy atom. The highest BCUT2D eigenvalue weighted by Crippen LogP contribution is 2.38. The van der Waals surface area contributed by atoms with E-state index in [9.17, 15) is 18.0 Å². The quantitative estimate of drug-likeness (QED) is 0.847. The number of primary amides is 1. The summed E-state index contributed by atoms with van der Waals surface area (Å²) >= 11 is 0. The Labute approximate surface area is 150 Å². The van der Waals surface area contributed by atoms with Crippen LogP contribution in [0.4, 0.5) is 11.4 Å². The third-order valence-corrected chi connectivity index (χ3v) is 6.12. The summed E-state index contributed by atoms with van der Waals surface area (Å²) in [7, 11) is -3.89. The van der Waals surface area contributed by atoms with Gasteiger partial charge in [0.15, 0.2) is 0 Å². The second-order valence-corrected chi connectivity index (χ2v) is 8.08. The molecule has 0 radical (unpaired) electrons. The van der Waals surface area contributed by atoms with Crippen LogP contribution >= 0.6 is 0 Å². The van der Waals surface area contributed by atoms with Gasteiger partial charge in [0.05, 0.1) is 21.8 Å². The van der Waals surface area contributed by atoms with Crippen molar-refractivity contribution in [1.82, 2.24) is 0 Å². The summed E-state index contributed by atoms with van der Waals surface area (Å²) in [5.41, 5.74) is 8.15. The van der Waals surface area contributed by atoms with Crippen molar-refractivity contribution in [2.75, 3.05) is 16.2 Å². The molecular formula is C18H17N3O4S. The fourth-order valence-corrected chi connectivity index (χ4v) is 4.75. The average molecular weight is 371 g/mol. The Morgan fingerprint density at radius 2 is 1.77 bits per heavy atom. The second kappa shape index (κ2) is 5.84. The van der Waals surface area contributed by atoms with Crippen LogP contribution < -0.4 is 15.4 Å². The number of hydrogen-bond acceptors (Lipinski definition) is 4. The lowest BCUT2D eigenvalue weighted by molar-refractivity contribution is -0.118. The van der Waals surface area contributed by atoms with Gasteiger partial charge in [-0.05, 0) is 48.2 Å². The number of carbonyl (C=O) groups is 2. The van der Waals surface area contributed by atoms with Crippen molar-refractivity contribution in [2.24, 2.45) is 5.73 Å². The highest BCUT2D eigenvalue weighted by Gasteiger charge is 2.33. The molecule has 2 aromatic carbocycles. The van der Waals surface area contributed by atoms with Gasteiger partial charge in [-0.2, -0.15) is 0 Å². The predicted molar refractivity (Wildman–Crippen MR) is 96.6 cm³/mol. The molecular weight excluding hydrogens is 354 g/mol. The molecule has 0 bridgehead atoms. The molecule has 26 heavy (non-hydrogen) atoms. The van der Waals surface area contributed by atoms with Gasteiger partial charge in [-0.1, -0.05) is 12.1 Å². The number of rotatable bonds is 4. The van der Waals surface area contributed by atoms with Crippen LogP contribution in [0.3, 0.4) is 0 Å². The van der Waals surface area contributed by atoms with Gasteiger partial charge in [-0.15, -0.1) is 0 Å². The number of para-hydroxylation sites is 1. The van der Waals surface area contributed by atoms with Crippen LogP contribution in [0.1, 0.15) is 27.9 Å². The molecule has 134 valence electrons. The van der Waals surface area contributed by atoms with Crippen LogP contribution in [0.15, 0.2) is 41.3 Å². The maximum atomic E-state index is 12.9. The molecule has 2 aromatic rings. The molecule has 0 fully saturated rings. The Morgan fingerprint density at radius 3 is 2.50 bits per heavy atom. The molecule has 0 unspecified atom stereocenters. The first kappa shape index (κ1) is 16.6. The second-order valence-electron chi connectivity index (χ2n) is 6.40. The zero-order valence-corrected chi connectivity index (χ0v) is 14.7. The number of hydrogen-bond donors (Lipinski definition) is 2. The summed E-state index contributed by atoms with van der Waals surface area (Å²) in [5.74, 6) is -0.623. The fraction of sp³-hybridized carbons (Fsp3) is 0.222. The molecule has 0 spiro atoms. The Bertz CT molecular complexity index is 1050. The lowest BCUT2D eigenvalue weighted by atomic mass is 10.00. The monoisotopic (exact) mass is 371 g/mol. The van der Waals surface area contributed by atoms with E-state index < -0.39 is 15.9 Å². The van der Waals surface area contributed by atoms with E-state index in [0.29, 0.717) is 25.8 Å². The Kier molecular flexibility index (Phi) is 3.73. The van der Waals surface area contributed by atoms with E-state index in [1.54, 1.807) is 29.2 Å². The molecule has 0 saturated heterocycles. The smallest absolute Gasteiger partial charge is 0.261 e. The summed E-state index contributed by atoms with van der Waals surface area (Å²) in [4.78, 5) is 25.4. The van der Waals surface area contributed by atoms with E-state index in [0.717, 1.165) is 16.8 Å². The number of sulfonamides is 1. The minimum atomic E-state index is -3.89. The van der Waals surface area contributed by atoms with Gasteiger partial charge in [-0.3, -0.25) is 14.3 Å². The third kappa shape index (κ3) is 2.62. The topological polar surface area (TPSA) is 110 Å². The lowest BCUT2D eigenvalue weighted by Crippen LogP contribution is -2.33. The van der Waals surface area contributed by atoms with E-state index in [-0.39, 0.29) is 22.1 Å². The van der Waals surface area contributed by atoms with Gasteiger partial charge in [0.25, 0.3) is 15.9 Å². The molecule has 2 aliphatic rings. The van der Waals surface area contributed by atoms with E-state index in [1.165, 1.54) is 12.1 Å². The van der Waals surface area contributed by atoms with Gasteiger partial charge in [-0.25, -0.2) is 8.42 Å². The van der Waals surface area contributed by atoms with Crippen molar-refractivity contribution >= 4 is 33.2 Å². The van der Waals surface area contributed by atoms with Gasteiger partial charge in [0, 0.05) is 13.0 Å². The van der Waals surface area contributed by atoms with Crippen molar-refractivity contribution in [3.63, 3.8) is 0 Å². The van der Waals surface area contributed by atoms with Crippen LogP contribution in [-0.4, -0.2) is 26.8 Å². The number of anilines is 2. The number of nitrogens with zero attached hydrogens (tertiary/aromatic N) is 1. The summed E-state index contributed by atoms with van der Waals surface area (Å²) in [6, 6.07) is 9.42. The summed E-state index contributed by atoms with van der Waals surface area (Å²) < 4.78 is 28.2. The molecule has 2 heterocycles. The van der Waals surface area contributed by atoms with Gasteiger partial charge >= 0.3 is 0 Å². The highest BCUT2D eigenvalue weighted by atomic mass is 32.2. The van der Waals surface area contributed by atoms with E-state index in [2.05, 4.69) is 4.72 Å². The zero-order chi connectivity index (χ0) is 18.5. The number of benzene rings is 2. The van der Waals surface area contributed by atoms with Crippen LogP contribution in [0.5, 0.6) is 0 Å². The van der Waals surface area contributed by atoms with Crippen molar-refractivity contribution in [3.8, 4) is 0 Å².